The van der Waals surface area contributed by atoms with Crippen LogP contribution in [0.25, 0.3) is 11.1 Å². The number of ether oxygens (including phenoxy) is 3. The van der Waals surface area contributed by atoms with Gasteiger partial charge >= 0.3 is 0 Å². The Morgan fingerprint density at radius 2 is 1.39 bits per heavy atom. The highest BCUT2D eigenvalue weighted by Crippen LogP contribution is 2.43. The summed E-state index contributed by atoms with van der Waals surface area (Å²) >= 11 is 0. The summed E-state index contributed by atoms with van der Waals surface area (Å²) in [5, 5.41) is 0. The van der Waals surface area contributed by atoms with Gasteiger partial charge in [0.15, 0.2) is 0 Å². The first-order valence-corrected chi connectivity index (χ1v) is 8.13. The molecule has 3 heteroatoms. The second-order valence-electron chi connectivity index (χ2n) is 5.53. The minimum Gasteiger partial charge on any atom is -0.496 e. The Hall–Kier alpha value is -2.16. The standard InChI is InChI=1S/C20H26O3/c1-5-6-7-10-15-13-18(22-3)20(19(14-15)23-4)16-11-8-9-12-17(16)21-2/h8-9,11-14H,5-7,10H2,1-4H3. The number of methoxy groups -OCH3 is 3. The molecule has 0 N–H and O–H groups in total. The molecule has 0 unspecified atom stereocenters. The Bertz CT molecular complexity index is 610. The number of hydrogen-bond donors (Lipinski definition) is 0. The Kier molecular flexibility index (Phi) is 6.33. The van der Waals surface area contributed by atoms with Crippen molar-refractivity contribution in [3.63, 3.8) is 0 Å². The zero-order valence-electron chi connectivity index (χ0n) is 14.5. The highest BCUT2D eigenvalue weighted by atomic mass is 16.5. The highest BCUT2D eigenvalue weighted by molar-refractivity contribution is 5.81. The van der Waals surface area contributed by atoms with Gasteiger partial charge in [-0.3, -0.25) is 0 Å². The summed E-state index contributed by atoms with van der Waals surface area (Å²) in [6, 6.07) is 12.1. The SMILES string of the molecule is CCCCCc1cc(OC)c(-c2ccccc2OC)c(OC)c1. The molecule has 0 saturated carbocycles. The molecule has 0 aliphatic carbocycles. The highest BCUT2D eigenvalue weighted by Gasteiger charge is 2.17. The van der Waals surface area contributed by atoms with E-state index in [1.54, 1.807) is 21.3 Å². The van der Waals surface area contributed by atoms with Gasteiger partial charge in [0.05, 0.1) is 26.9 Å². The number of para-hydroxylation sites is 1. The first kappa shape index (κ1) is 17.2. The lowest BCUT2D eigenvalue weighted by atomic mass is 9.98. The minimum atomic E-state index is 0.808. The fraction of sp³-hybridized carbons (Fsp3) is 0.400. The number of rotatable bonds is 8. The maximum absolute atomic E-state index is 5.65. The second-order valence-corrected chi connectivity index (χ2v) is 5.53. The van der Waals surface area contributed by atoms with E-state index in [1.165, 1.54) is 24.8 Å². The maximum Gasteiger partial charge on any atom is 0.130 e. The van der Waals surface area contributed by atoms with E-state index in [1.807, 2.05) is 24.3 Å². The average molecular weight is 314 g/mol. The molecule has 3 nitrogen and oxygen atoms in total. The molecule has 2 aromatic rings. The summed E-state index contributed by atoms with van der Waals surface area (Å²) in [5.41, 5.74) is 3.15. The van der Waals surface area contributed by atoms with Gasteiger partial charge in [0.25, 0.3) is 0 Å². The van der Waals surface area contributed by atoms with Gasteiger partial charge in [-0.05, 0) is 36.6 Å². The molecule has 0 heterocycles. The zero-order valence-corrected chi connectivity index (χ0v) is 14.5. The van der Waals surface area contributed by atoms with Crippen molar-refractivity contribution in [1.29, 1.82) is 0 Å². The molecular formula is C20H26O3. The van der Waals surface area contributed by atoms with Gasteiger partial charge in [-0.15, -0.1) is 0 Å². The molecule has 0 aliphatic heterocycles. The van der Waals surface area contributed by atoms with Gasteiger partial charge in [-0.25, -0.2) is 0 Å². The van der Waals surface area contributed by atoms with Crippen LogP contribution in [0, 0.1) is 0 Å². The number of aryl methyl sites for hydroxylation is 1. The second kappa shape index (κ2) is 8.47. The minimum absolute atomic E-state index is 0.808. The van der Waals surface area contributed by atoms with Crippen LogP contribution >= 0.6 is 0 Å². The van der Waals surface area contributed by atoms with Crippen LogP contribution in [0.5, 0.6) is 17.2 Å². The van der Waals surface area contributed by atoms with Crippen molar-refractivity contribution in [1.82, 2.24) is 0 Å². The Morgan fingerprint density at radius 3 is 1.96 bits per heavy atom. The summed E-state index contributed by atoms with van der Waals surface area (Å²) in [7, 11) is 5.07. The molecule has 0 amide bonds. The summed E-state index contributed by atoms with van der Waals surface area (Å²) in [4.78, 5) is 0. The molecule has 0 radical (unpaired) electrons. The van der Waals surface area contributed by atoms with E-state index in [4.69, 9.17) is 14.2 Å². The van der Waals surface area contributed by atoms with Gasteiger partial charge in [0, 0.05) is 5.56 Å². The fourth-order valence-corrected chi connectivity index (χ4v) is 2.81. The molecular weight excluding hydrogens is 288 g/mol. The topological polar surface area (TPSA) is 27.7 Å². The molecule has 23 heavy (non-hydrogen) atoms. The number of hydrogen-bond acceptors (Lipinski definition) is 3. The normalized spacial score (nSPS) is 10.4. The molecule has 0 spiro atoms. The van der Waals surface area contributed by atoms with Crippen LogP contribution in [-0.4, -0.2) is 21.3 Å². The van der Waals surface area contributed by atoms with E-state index in [-0.39, 0.29) is 0 Å². The van der Waals surface area contributed by atoms with Crippen LogP contribution in [0.15, 0.2) is 36.4 Å². The fourth-order valence-electron chi connectivity index (χ4n) is 2.81. The number of benzene rings is 2. The summed E-state index contributed by atoms with van der Waals surface area (Å²) in [6.45, 7) is 2.21. The van der Waals surface area contributed by atoms with E-state index in [0.717, 1.165) is 34.8 Å². The van der Waals surface area contributed by atoms with Gasteiger partial charge in [0.1, 0.15) is 17.2 Å². The largest absolute Gasteiger partial charge is 0.496 e. The van der Waals surface area contributed by atoms with Crippen molar-refractivity contribution < 1.29 is 14.2 Å². The van der Waals surface area contributed by atoms with Crippen molar-refractivity contribution in [3.05, 3.63) is 42.0 Å². The van der Waals surface area contributed by atoms with Crippen LogP contribution in [0.2, 0.25) is 0 Å². The Morgan fingerprint density at radius 1 is 0.783 bits per heavy atom. The summed E-state index contributed by atoms with van der Waals surface area (Å²) in [5.74, 6) is 2.45. The van der Waals surface area contributed by atoms with E-state index in [2.05, 4.69) is 19.1 Å². The first-order valence-electron chi connectivity index (χ1n) is 8.13. The van der Waals surface area contributed by atoms with Crippen LogP contribution in [0.4, 0.5) is 0 Å². The molecule has 0 bridgehead atoms. The lowest BCUT2D eigenvalue weighted by molar-refractivity contribution is 0.393. The third-order valence-electron chi connectivity index (χ3n) is 4.01. The summed E-state index contributed by atoms with van der Waals surface area (Å²) in [6.07, 6.45) is 4.66. The van der Waals surface area contributed by atoms with Crippen molar-refractivity contribution in [2.75, 3.05) is 21.3 Å². The Balaban J connectivity index is 2.50. The van der Waals surface area contributed by atoms with E-state index in [0.29, 0.717) is 0 Å². The molecule has 0 saturated heterocycles. The molecule has 0 atom stereocenters. The van der Waals surface area contributed by atoms with Gasteiger partial charge in [0.2, 0.25) is 0 Å². The number of unbranched alkanes of at least 4 members (excludes halogenated alkanes) is 2. The first-order chi connectivity index (χ1) is 11.2. The predicted molar refractivity (Wildman–Crippen MR) is 94.8 cm³/mol. The van der Waals surface area contributed by atoms with Crippen LogP contribution < -0.4 is 14.2 Å². The molecule has 0 fully saturated rings. The van der Waals surface area contributed by atoms with Crippen LogP contribution in [0.1, 0.15) is 31.7 Å². The maximum atomic E-state index is 5.65. The van der Waals surface area contributed by atoms with Gasteiger partial charge in [-0.2, -0.15) is 0 Å². The quantitative estimate of drug-likeness (QED) is 0.634. The van der Waals surface area contributed by atoms with Crippen molar-refractivity contribution in [2.45, 2.75) is 32.6 Å². The van der Waals surface area contributed by atoms with Crippen molar-refractivity contribution >= 4 is 0 Å². The Labute approximate surface area is 139 Å². The third kappa shape index (κ3) is 3.98. The van der Waals surface area contributed by atoms with Crippen molar-refractivity contribution in [3.8, 4) is 28.4 Å². The predicted octanol–water partition coefficient (Wildman–Crippen LogP) is 5.11. The zero-order chi connectivity index (χ0) is 16.7. The van der Waals surface area contributed by atoms with Crippen LogP contribution in [0.3, 0.4) is 0 Å². The van der Waals surface area contributed by atoms with Crippen LogP contribution in [-0.2, 0) is 6.42 Å². The molecule has 2 rings (SSSR count). The molecule has 2 aromatic carbocycles. The lowest BCUT2D eigenvalue weighted by Gasteiger charge is -2.17. The third-order valence-corrected chi connectivity index (χ3v) is 4.01. The van der Waals surface area contributed by atoms with E-state index in [9.17, 15) is 0 Å². The van der Waals surface area contributed by atoms with Crippen molar-refractivity contribution in [2.24, 2.45) is 0 Å². The monoisotopic (exact) mass is 314 g/mol. The molecule has 124 valence electrons. The molecule has 0 aliphatic rings. The van der Waals surface area contributed by atoms with Gasteiger partial charge in [-0.1, -0.05) is 38.0 Å². The lowest BCUT2D eigenvalue weighted by Crippen LogP contribution is -1.98. The van der Waals surface area contributed by atoms with Gasteiger partial charge < -0.3 is 14.2 Å². The summed E-state index contributed by atoms with van der Waals surface area (Å²) < 4.78 is 16.8. The van der Waals surface area contributed by atoms with E-state index >= 15 is 0 Å². The average Bonchev–Trinajstić information content (AvgIpc) is 2.61. The molecule has 0 aromatic heterocycles. The van der Waals surface area contributed by atoms with E-state index < -0.39 is 0 Å². The smallest absolute Gasteiger partial charge is 0.130 e.